The minimum absolute atomic E-state index is 0.145. The minimum atomic E-state index is -3.63. The number of aryl methyl sites for hydroxylation is 1. The van der Waals surface area contributed by atoms with E-state index in [1.165, 1.54) is 4.31 Å². The van der Waals surface area contributed by atoms with Gasteiger partial charge in [-0.1, -0.05) is 30.7 Å². The lowest BCUT2D eigenvalue weighted by atomic mass is 10.0. The molecule has 6 heteroatoms. The van der Waals surface area contributed by atoms with Crippen LogP contribution in [0.1, 0.15) is 34.8 Å². The van der Waals surface area contributed by atoms with Gasteiger partial charge in [-0.2, -0.15) is 0 Å². The maximum absolute atomic E-state index is 13.0. The topological polar surface area (TPSA) is 66.5 Å². The lowest BCUT2D eigenvalue weighted by Crippen LogP contribution is -2.29. The Morgan fingerprint density at radius 3 is 2.56 bits per heavy atom. The molecule has 0 atom stereocenters. The second-order valence-electron chi connectivity index (χ2n) is 6.20. The summed E-state index contributed by atoms with van der Waals surface area (Å²) in [6, 6.07) is 12.1. The predicted octanol–water partition coefficient (Wildman–Crippen LogP) is 2.89. The Labute approximate surface area is 148 Å². The fraction of sp³-hybridized carbons (Fsp3) is 0.316. The second-order valence-corrected chi connectivity index (χ2v) is 8.06. The first-order valence-corrected chi connectivity index (χ1v) is 9.88. The van der Waals surface area contributed by atoms with Gasteiger partial charge in [0.25, 0.3) is 15.9 Å². The van der Waals surface area contributed by atoms with Crippen molar-refractivity contribution in [2.45, 2.75) is 31.6 Å². The van der Waals surface area contributed by atoms with Gasteiger partial charge in [-0.15, -0.1) is 0 Å². The van der Waals surface area contributed by atoms with Crippen LogP contribution in [0, 0.1) is 6.92 Å². The first kappa shape index (κ1) is 17.5. The summed E-state index contributed by atoms with van der Waals surface area (Å²) in [4.78, 5) is 12.6. The molecule has 1 aliphatic rings. The van der Waals surface area contributed by atoms with Gasteiger partial charge in [0.2, 0.25) is 0 Å². The van der Waals surface area contributed by atoms with Crippen LogP contribution in [0.15, 0.2) is 47.4 Å². The van der Waals surface area contributed by atoms with Crippen molar-refractivity contribution in [1.82, 2.24) is 5.32 Å². The third-order valence-electron chi connectivity index (χ3n) is 4.37. The second kappa shape index (κ2) is 6.88. The summed E-state index contributed by atoms with van der Waals surface area (Å²) in [7, 11) is -3.63. The normalized spacial score (nSPS) is 13.6. The van der Waals surface area contributed by atoms with Crippen molar-refractivity contribution in [3.8, 4) is 0 Å². The van der Waals surface area contributed by atoms with Gasteiger partial charge in [-0.3, -0.25) is 9.10 Å². The molecule has 1 amide bonds. The molecule has 2 aromatic rings. The summed E-state index contributed by atoms with van der Waals surface area (Å²) in [5.41, 5.74) is 2.97. The van der Waals surface area contributed by atoms with Crippen molar-refractivity contribution >= 4 is 21.6 Å². The highest BCUT2D eigenvalue weighted by Gasteiger charge is 2.32. The molecule has 0 aliphatic carbocycles. The molecule has 25 heavy (non-hydrogen) atoms. The van der Waals surface area contributed by atoms with Crippen LogP contribution < -0.4 is 9.62 Å². The third-order valence-corrected chi connectivity index (χ3v) is 6.20. The molecule has 0 saturated carbocycles. The number of sulfonamides is 1. The summed E-state index contributed by atoms with van der Waals surface area (Å²) >= 11 is 0. The van der Waals surface area contributed by atoms with Crippen LogP contribution >= 0.6 is 0 Å². The van der Waals surface area contributed by atoms with E-state index in [4.69, 9.17) is 0 Å². The lowest BCUT2D eigenvalue weighted by Gasteiger charge is -2.20. The molecule has 0 saturated heterocycles. The van der Waals surface area contributed by atoms with Crippen LogP contribution in [0.2, 0.25) is 0 Å². The van der Waals surface area contributed by atoms with Gasteiger partial charge in [0, 0.05) is 18.7 Å². The van der Waals surface area contributed by atoms with E-state index in [0.717, 1.165) is 17.5 Å². The Morgan fingerprint density at radius 1 is 1.16 bits per heavy atom. The van der Waals surface area contributed by atoms with Gasteiger partial charge in [-0.25, -0.2) is 8.42 Å². The van der Waals surface area contributed by atoms with E-state index in [-0.39, 0.29) is 10.8 Å². The molecule has 3 rings (SSSR count). The molecule has 0 radical (unpaired) electrons. The van der Waals surface area contributed by atoms with Crippen molar-refractivity contribution in [3.63, 3.8) is 0 Å². The standard InChI is InChI=1S/C19H22N2O3S/c1-3-12-20-19(22)17-5-4-6-18-16(17)11-13-21(18)25(23,24)15-9-7-14(2)8-10-15/h4-10H,3,11-13H2,1-2H3,(H,20,22). The number of nitrogens with one attached hydrogen (secondary N) is 1. The molecule has 1 heterocycles. The molecule has 0 bridgehead atoms. The molecular formula is C19H22N2O3S. The highest BCUT2D eigenvalue weighted by Crippen LogP contribution is 2.35. The van der Waals surface area contributed by atoms with Crippen LogP contribution in [0.5, 0.6) is 0 Å². The molecule has 5 nitrogen and oxygen atoms in total. The number of hydrogen-bond donors (Lipinski definition) is 1. The zero-order valence-corrected chi connectivity index (χ0v) is 15.3. The maximum atomic E-state index is 13.0. The molecule has 1 N–H and O–H groups in total. The summed E-state index contributed by atoms with van der Waals surface area (Å²) in [5, 5.41) is 2.86. The van der Waals surface area contributed by atoms with Gasteiger partial charge in [0.1, 0.15) is 0 Å². The number of hydrogen-bond acceptors (Lipinski definition) is 3. The first-order chi connectivity index (χ1) is 11.9. The summed E-state index contributed by atoms with van der Waals surface area (Å²) in [5.74, 6) is -0.145. The average molecular weight is 358 g/mol. The molecule has 0 unspecified atom stereocenters. The molecule has 1 aliphatic heterocycles. The Bertz CT molecular complexity index is 889. The zero-order chi connectivity index (χ0) is 18.0. The molecule has 0 aromatic heterocycles. The predicted molar refractivity (Wildman–Crippen MR) is 98.5 cm³/mol. The minimum Gasteiger partial charge on any atom is -0.352 e. The van der Waals surface area contributed by atoms with Crippen LogP contribution in [0.3, 0.4) is 0 Å². The largest absolute Gasteiger partial charge is 0.352 e. The van der Waals surface area contributed by atoms with E-state index in [9.17, 15) is 13.2 Å². The SMILES string of the molecule is CCCNC(=O)c1cccc2c1CCN2S(=O)(=O)c1ccc(C)cc1. The van der Waals surface area contributed by atoms with Crippen molar-refractivity contribution < 1.29 is 13.2 Å². The van der Waals surface area contributed by atoms with E-state index in [2.05, 4.69) is 5.32 Å². The van der Waals surface area contributed by atoms with Crippen molar-refractivity contribution in [1.29, 1.82) is 0 Å². The number of rotatable bonds is 5. The van der Waals surface area contributed by atoms with Crippen LogP contribution in [-0.2, 0) is 16.4 Å². The number of anilines is 1. The van der Waals surface area contributed by atoms with Crippen molar-refractivity contribution in [2.24, 2.45) is 0 Å². The van der Waals surface area contributed by atoms with Crippen LogP contribution in [-0.4, -0.2) is 27.4 Å². The molecule has 0 spiro atoms. The summed E-state index contributed by atoms with van der Waals surface area (Å²) < 4.78 is 27.4. The average Bonchev–Trinajstić information content (AvgIpc) is 3.05. The highest BCUT2D eigenvalue weighted by molar-refractivity contribution is 7.92. The third kappa shape index (κ3) is 3.26. The Balaban J connectivity index is 1.97. The van der Waals surface area contributed by atoms with Crippen LogP contribution in [0.4, 0.5) is 5.69 Å². The fourth-order valence-electron chi connectivity index (χ4n) is 3.04. The Kier molecular flexibility index (Phi) is 4.81. The van der Waals surface area contributed by atoms with Gasteiger partial charge >= 0.3 is 0 Å². The molecule has 2 aromatic carbocycles. The van der Waals surface area contributed by atoms with Gasteiger partial charge < -0.3 is 5.32 Å². The number of nitrogens with zero attached hydrogens (tertiary/aromatic N) is 1. The van der Waals surface area contributed by atoms with E-state index < -0.39 is 10.0 Å². The number of carbonyl (C=O) groups is 1. The smallest absolute Gasteiger partial charge is 0.264 e. The summed E-state index contributed by atoms with van der Waals surface area (Å²) in [6.07, 6.45) is 1.39. The lowest BCUT2D eigenvalue weighted by molar-refractivity contribution is 0.0953. The van der Waals surface area contributed by atoms with E-state index in [1.54, 1.807) is 42.5 Å². The van der Waals surface area contributed by atoms with Gasteiger partial charge in [0.15, 0.2) is 0 Å². The van der Waals surface area contributed by atoms with Gasteiger partial charge in [-0.05, 0) is 49.6 Å². The number of benzene rings is 2. The zero-order valence-electron chi connectivity index (χ0n) is 14.5. The van der Waals surface area contributed by atoms with Gasteiger partial charge in [0.05, 0.1) is 10.6 Å². The number of amides is 1. The molecule has 0 fully saturated rings. The fourth-order valence-corrected chi connectivity index (χ4v) is 4.53. The highest BCUT2D eigenvalue weighted by atomic mass is 32.2. The quantitative estimate of drug-likeness (QED) is 0.894. The first-order valence-electron chi connectivity index (χ1n) is 8.44. The Hall–Kier alpha value is -2.34. The van der Waals surface area contributed by atoms with Crippen LogP contribution in [0.25, 0.3) is 0 Å². The van der Waals surface area contributed by atoms with E-state index >= 15 is 0 Å². The summed E-state index contributed by atoms with van der Waals surface area (Å²) in [6.45, 7) is 4.87. The number of fused-ring (bicyclic) bond motifs is 1. The van der Waals surface area contributed by atoms with Crippen molar-refractivity contribution in [2.75, 3.05) is 17.4 Å². The maximum Gasteiger partial charge on any atom is 0.264 e. The van der Waals surface area contributed by atoms with E-state index in [0.29, 0.717) is 30.8 Å². The molecular weight excluding hydrogens is 336 g/mol. The Morgan fingerprint density at radius 2 is 1.88 bits per heavy atom. The van der Waals surface area contributed by atoms with Crippen molar-refractivity contribution in [3.05, 3.63) is 59.2 Å². The monoisotopic (exact) mass is 358 g/mol. The molecule has 132 valence electrons. The number of carbonyl (C=O) groups excluding carboxylic acids is 1. The van der Waals surface area contributed by atoms with E-state index in [1.807, 2.05) is 13.8 Å².